The summed E-state index contributed by atoms with van der Waals surface area (Å²) in [5.41, 5.74) is 6.92. The first-order chi connectivity index (χ1) is 22.8. The molecule has 4 heteroatoms. The average Bonchev–Trinajstić information content (AvgIpc) is 3.85. The number of rotatable bonds is 2. The van der Waals surface area contributed by atoms with Crippen LogP contribution in [0.2, 0.25) is 0 Å². The van der Waals surface area contributed by atoms with Gasteiger partial charge in [-0.2, -0.15) is 0 Å². The smallest absolute Gasteiger partial charge is 0.136 e. The van der Waals surface area contributed by atoms with Gasteiger partial charge in [0, 0.05) is 62.5 Å². The van der Waals surface area contributed by atoms with E-state index in [9.17, 15) is 0 Å². The van der Waals surface area contributed by atoms with Crippen LogP contribution in [0, 0.1) is 0 Å². The van der Waals surface area contributed by atoms with Crippen molar-refractivity contribution in [1.29, 1.82) is 0 Å². The summed E-state index contributed by atoms with van der Waals surface area (Å²) in [6, 6.07) is 44.7. The van der Waals surface area contributed by atoms with Gasteiger partial charge < -0.3 is 8.98 Å². The second kappa shape index (κ2) is 9.20. The van der Waals surface area contributed by atoms with E-state index in [0.717, 1.165) is 17.4 Å². The van der Waals surface area contributed by atoms with E-state index in [-0.39, 0.29) is 6.04 Å². The Morgan fingerprint density at radius 2 is 1.22 bits per heavy atom. The maximum Gasteiger partial charge on any atom is 0.136 e. The van der Waals surface area contributed by atoms with Crippen LogP contribution in [0.25, 0.3) is 96.4 Å². The Morgan fingerprint density at radius 1 is 0.565 bits per heavy atom. The minimum Gasteiger partial charge on any atom is -0.456 e. The van der Waals surface area contributed by atoms with Crippen LogP contribution >= 0.6 is 22.7 Å². The van der Waals surface area contributed by atoms with Gasteiger partial charge in [-0.3, -0.25) is 0 Å². The molecule has 4 heterocycles. The molecule has 1 aliphatic carbocycles. The quantitative estimate of drug-likeness (QED) is 0.187. The van der Waals surface area contributed by atoms with Crippen molar-refractivity contribution in [2.45, 2.75) is 12.5 Å². The minimum absolute atomic E-state index is 0.154. The zero-order chi connectivity index (χ0) is 29.9. The molecule has 1 atom stereocenters. The highest BCUT2D eigenvalue weighted by molar-refractivity contribution is 7.26. The van der Waals surface area contributed by atoms with Crippen LogP contribution in [0.5, 0.6) is 0 Å². The van der Waals surface area contributed by atoms with Crippen LogP contribution in [0.4, 0.5) is 0 Å². The molecule has 4 aromatic heterocycles. The van der Waals surface area contributed by atoms with Crippen molar-refractivity contribution in [1.82, 2.24) is 4.57 Å². The van der Waals surface area contributed by atoms with Crippen molar-refractivity contribution in [3.63, 3.8) is 0 Å². The van der Waals surface area contributed by atoms with Crippen molar-refractivity contribution in [3.8, 4) is 11.1 Å². The molecule has 2 nitrogen and oxygen atoms in total. The van der Waals surface area contributed by atoms with Gasteiger partial charge in [-0.05, 0) is 60.0 Å². The molecule has 0 N–H and O–H groups in total. The van der Waals surface area contributed by atoms with Gasteiger partial charge in [0.25, 0.3) is 0 Å². The first-order valence-electron chi connectivity index (χ1n) is 15.8. The van der Waals surface area contributed by atoms with Gasteiger partial charge in [-0.1, -0.05) is 91.0 Å². The lowest BCUT2D eigenvalue weighted by atomic mass is 10.0. The first kappa shape index (κ1) is 25.1. The molecule has 46 heavy (non-hydrogen) atoms. The average molecular weight is 624 g/mol. The Balaban J connectivity index is 1.09. The number of hydrogen-bond acceptors (Lipinski definition) is 3. The monoisotopic (exact) mass is 623 g/mol. The predicted octanol–water partition coefficient (Wildman–Crippen LogP) is 11.1. The van der Waals surface area contributed by atoms with E-state index in [1.54, 1.807) is 0 Å². The number of furan rings is 1. The van der Waals surface area contributed by atoms with E-state index in [1.165, 1.54) is 83.9 Å². The maximum absolute atomic E-state index is 6.68. The number of fused-ring (bicyclic) bond motifs is 13. The van der Waals surface area contributed by atoms with Gasteiger partial charge in [-0.25, -0.2) is 0 Å². The highest BCUT2D eigenvalue weighted by Crippen LogP contribution is 2.44. The molecular weight excluding hydrogens is 599 g/mol. The third kappa shape index (κ3) is 3.40. The van der Waals surface area contributed by atoms with Crippen LogP contribution in [0.3, 0.4) is 0 Å². The summed E-state index contributed by atoms with van der Waals surface area (Å²) < 4.78 is 14.6. The van der Waals surface area contributed by atoms with Crippen LogP contribution in [-0.2, 0) is 0 Å². The molecular formula is C42H25NOS2. The van der Waals surface area contributed by atoms with Crippen molar-refractivity contribution in [2.75, 3.05) is 0 Å². The van der Waals surface area contributed by atoms with E-state index in [0.29, 0.717) is 0 Å². The molecule has 0 saturated carbocycles. The van der Waals surface area contributed by atoms with Crippen molar-refractivity contribution >= 4 is 108 Å². The van der Waals surface area contributed by atoms with Crippen molar-refractivity contribution < 1.29 is 4.42 Å². The van der Waals surface area contributed by atoms with Crippen molar-refractivity contribution in [3.05, 3.63) is 132 Å². The normalized spacial score (nSPS) is 15.0. The highest BCUT2D eigenvalue weighted by Gasteiger charge is 2.22. The first-order valence-corrected chi connectivity index (χ1v) is 17.4. The number of nitrogens with zero attached hydrogens (tertiary/aromatic N) is 1. The maximum atomic E-state index is 6.68. The molecule has 0 saturated heterocycles. The zero-order valence-electron chi connectivity index (χ0n) is 24.7. The molecule has 0 spiro atoms. The van der Waals surface area contributed by atoms with Gasteiger partial charge in [0.2, 0.25) is 0 Å². The van der Waals surface area contributed by atoms with Gasteiger partial charge in [-0.15, -0.1) is 22.7 Å². The summed E-state index contributed by atoms with van der Waals surface area (Å²) in [4.78, 5) is 0. The summed E-state index contributed by atoms with van der Waals surface area (Å²) >= 11 is 3.77. The second-order valence-electron chi connectivity index (χ2n) is 12.4. The minimum atomic E-state index is 0.154. The number of aromatic nitrogens is 1. The van der Waals surface area contributed by atoms with E-state index >= 15 is 0 Å². The lowest BCUT2D eigenvalue weighted by Gasteiger charge is -2.18. The van der Waals surface area contributed by atoms with Crippen LogP contribution in [0.15, 0.2) is 126 Å². The fraction of sp³-hybridized carbons (Fsp3) is 0.0476. The van der Waals surface area contributed by atoms with Gasteiger partial charge in [0.15, 0.2) is 0 Å². The fourth-order valence-electron chi connectivity index (χ4n) is 7.82. The predicted molar refractivity (Wildman–Crippen MR) is 199 cm³/mol. The molecule has 216 valence electrons. The SMILES string of the molecule is C1=c2oc3cc(-c4ccc5c(c4)sc4ccccc45)ccc3c2=CCC1n1c2ccccc2c2ccc3c4ccccc4sc3c21. The van der Waals surface area contributed by atoms with E-state index in [1.807, 2.05) is 22.7 Å². The molecule has 1 unspecified atom stereocenters. The Morgan fingerprint density at radius 3 is 2.09 bits per heavy atom. The summed E-state index contributed by atoms with van der Waals surface area (Å²) in [5, 5.41) is 10.4. The molecule has 0 fully saturated rings. The summed E-state index contributed by atoms with van der Waals surface area (Å²) in [5.74, 6) is 0. The third-order valence-corrected chi connectivity index (χ3v) is 12.3. The Hall–Kier alpha value is -5.16. The molecule has 0 radical (unpaired) electrons. The van der Waals surface area contributed by atoms with E-state index in [4.69, 9.17) is 4.42 Å². The highest BCUT2D eigenvalue weighted by atomic mass is 32.1. The number of benzene rings is 6. The Bertz CT molecular complexity index is 3020. The van der Waals surface area contributed by atoms with Crippen LogP contribution in [-0.4, -0.2) is 4.57 Å². The molecule has 1 aliphatic rings. The Kier molecular flexibility index (Phi) is 5.01. The lowest BCUT2D eigenvalue weighted by molar-refractivity contribution is 0.560. The van der Waals surface area contributed by atoms with Gasteiger partial charge >= 0.3 is 0 Å². The molecule has 0 bridgehead atoms. The fourth-order valence-corrected chi connectivity index (χ4v) is 10.2. The number of hydrogen-bond donors (Lipinski definition) is 0. The standard InChI is InChI=1S/C42H25NOS2/c1-4-10-35-27(7-1)33-19-20-34-31-9-3-6-12-39(31)46-42(34)41(33)43(35)26-15-18-29-28-16-13-24(21-36(28)44-37(29)23-26)25-14-17-32-30-8-2-5-11-38(30)45-40(32)22-25/h1-14,16-23,26H,15H2. The van der Waals surface area contributed by atoms with Crippen LogP contribution in [0.1, 0.15) is 12.5 Å². The van der Waals surface area contributed by atoms with Gasteiger partial charge in [0.1, 0.15) is 11.0 Å². The number of thiophene rings is 2. The lowest BCUT2D eigenvalue weighted by Crippen LogP contribution is -2.26. The van der Waals surface area contributed by atoms with E-state index in [2.05, 4.69) is 138 Å². The molecule has 11 rings (SSSR count). The topological polar surface area (TPSA) is 18.1 Å². The molecule has 0 aliphatic heterocycles. The zero-order valence-corrected chi connectivity index (χ0v) is 26.3. The van der Waals surface area contributed by atoms with E-state index < -0.39 is 0 Å². The van der Waals surface area contributed by atoms with Crippen molar-refractivity contribution in [2.24, 2.45) is 0 Å². The van der Waals surface area contributed by atoms with Crippen LogP contribution < -0.4 is 10.6 Å². The molecule has 0 amide bonds. The summed E-state index contributed by atoms with van der Waals surface area (Å²) in [6.45, 7) is 0. The molecule has 10 aromatic rings. The second-order valence-corrected chi connectivity index (χ2v) is 14.5. The van der Waals surface area contributed by atoms with Gasteiger partial charge in [0.05, 0.1) is 16.3 Å². The number of para-hydroxylation sites is 1. The third-order valence-electron chi connectivity index (χ3n) is 9.92. The largest absolute Gasteiger partial charge is 0.456 e. The summed E-state index contributed by atoms with van der Waals surface area (Å²) in [7, 11) is 0. The molecule has 6 aromatic carbocycles. The Labute approximate surface area is 271 Å². The summed E-state index contributed by atoms with van der Waals surface area (Å²) in [6.07, 6.45) is 5.66.